The zero-order valence-corrected chi connectivity index (χ0v) is 10.8. The first kappa shape index (κ1) is 12.4. The SMILES string of the molecule is CNC(c1ccccn1)c1cccc(Cl)c1Cl. The van der Waals surface area contributed by atoms with Gasteiger partial charge < -0.3 is 5.32 Å². The molecule has 0 saturated carbocycles. The number of halogens is 2. The lowest BCUT2D eigenvalue weighted by atomic mass is 10.0. The normalized spacial score (nSPS) is 12.4. The molecule has 1 unspecified atom stereocenters. The molecule has 1 atom stereocenters. The molecular formula is C13H12Cl2N2. The Hall–Kier alpha value is -1.09. The smallest absolute Gasteiger partial charge is 0.0763 e. The summed E-state index contributed by atoms with van der Waals surface area (Å²) in [6, 6.07) is 11.3. The molecule has 0 spiro atoms. The first-order chi connectivity index (χ1) is 8.24. The Labute approximate surface area is 111 Å². The van der Waals surface area contributed by atoms with Crippen LogP contribution in [-0.4, -0.2) is 12.0 Å². The van der Waals surface area contributed by atoms with Crippen LogP contribution < -0.4 is 5.32 Å². The van der Waals surface area contributed by atoms with Gasteiger partial charge >= 0.3 is 0 Å². The molecule has 0 bridgehead atoms. The van der Waals surface area contributed by atoms with E-state index in [1.165, 1.54) is 0 Å². The van der Waals surface area contributed by atoms with E-state index in [1.54, 1.807) is 12.3 Å². The van der Waals surface area contributed by atoms with Crippen LogP contribution in [0.15, 0.2) is 42.6 Å². The Morgan fingerprint density at radius 3 is 2.59 bits per heavy atom. The number of nitrogens with one attached hydrogen (secondary N) is 1. The summed E-state index contributed by atoms with van der Waals surface area (Å²) < 4.78 is 0. The van der Waals surface area contributed by atoms with E-state index < -0.39 is 0 Å². The average Bonchev–Trinajstić information content (AvgIpc) is 2.37. The number of hydrogen-bond donors (Lipinski definition) is 1. The lowest BCUT2D eigenvalue weighted by molar-refractivity contribution is 0.671. The van der Waals surface area contributed by atoms with Crippen molar-refractivity contribution in [3.63, 3.8) is 0 Å². The summed E-state index contributed by atoms with van der Waals surface area (Å²) in [6.07, 6.45) is 1.76. The third-order valence-corrected chi connectivity index (χ3v) is 3.40. The molecule has 2 nitrogen and oxygen atoms in total. The lowest BCUT2D eigenvalue weighted by Crippen LogP contribution is -2.19. The molecule has 0 radical (unpaired) electrons. The first-order valence-corrected chi connectivity index (χ1v) is 6.01. The molecule has 1 N–H and O–H groups in total. The van der Waals surface area contributed by atoms with Gasteiger partial charge in [0.1, 0.15) is 0 Å². The number of pyridine rings is 1. The molecule has 2 aromatic rings. The van der Waals surface area contributed by atoms with Gasteiger partial charge in [0.15, 0.2) is 0 Å². The van der Waals surface area contributed by atoms with Crippen LogP contribution in [0.1, 0.15) is 17.3 Å². The number of aromatic nitrogens is 1. The van der Waals surface area contributed by atoms with Crippen LogP contribution in [0.2, 0.25) is 10.0 Å². The van der Waals surface area contributed by atoms with Crippen molar-refractivity contribution in [2.45, 2.75) is 6.04 Å². The van der Waals surface area contributed by atoms with Crippen molar-refractivity contribution in [3.05, 3.63) is 63.9 Å². The zero-order valence-electron chi connectivity index (χ0n) is 9.32. The Morgan fingerprint density at radius 1 is 1.12 bits per heavy atom. The molecule has 4 heteroatoms. The van der Waals surface area contributed by atoms with Gasteiger partial charge in [0.25, 0.3) is 0 Å². The maximum absolute atomic E-state index is 6.22. The number of rotatable bonds is 3. The predicted molar refractivity (Wildman–Crippen MR) is 71.6 cm³/mol. The van der Waals surface area contributed by atoms with Crippen molar-refractivity contribution in [1.82, 2.24) is 10.3 Å². The van der Waals surface area contributed by atoms with E-state index >= 15 is 0 Å². The molecule has 1 aromatic heterocycles. The van der Waals surface area contributed by atoms with Gasteiger partial charge in [0, 0.05) is 6.20 Å². The summed E-state index contributed by atoms with van der Waals surface area (Å²) >= 11 is 12.2. The largest absolute Gasteiger partial charge is 0.308 e. The van der Waals surface area contributed by atoms with Crippen LogP contribution >= 0.6 is 23.2 Å². The summed E-state index contributed by atoms with van der Waals surface area (Å²) in [5.41, 5.74) is 1.85. The van der Waals surface area contributed by atoms with Crippen molar-refractivity contribution in [1.29, 1.82) is 0 Å². The molecule has 0 saturated heterocycles. The fourth-order valence-corrected chi connectivity index (χ4v) is 2.17. The third kappa shape index (κ3) is 2.60. The number of hydrogen-bond acceptors (Lipinski definition) is 2. The van der Waals surface area contributed by atoms with Gasteiger partial charge in [0.2, 0.25) is 0 Å². The van der Waals surface area contributed by atoms with Gasteiger partial charge in [-0.15, -0.1) is 0 Å². The van der Waals surface area contributed by atoms with E-state index in [9.17, 15) is 0 Å². The number of benzene rings is 1. The minimum absolute atomic E-state index is 0.0533. The van der Waals surface area contributed by atoms with Crippen LogP contribution in [0.25, 0.3) is 0 Å². The molecule has 17 heavy (non-hydrogen) atoms. The summed E-state index contributed by atoms with van der Waals surface area (Å²) in [5, 5.41) is 4.32. The van der Waals surface area contributed by atoms with E-state index in [0.717, 1.165) is 11.3 Å². The van der Waals surface area contributed by atoms with Crippen LogP contribution in [-0.2, 0) is 0 Å². The molecule has 0 fully saturated rings. The van der Waals surface area contributed by atoms with Crippen LogP contribution in [0, 0.1) is 0 Å². The second-order valence-corrected chi connectivity index (χ2v) is 4.40. The van der Waals surface area contributed by atoms with E-state index in [4.69, 9.17) is 23.2 Å². The first-order valence-electron chi connectivity index (χ1n) is 5.26. The molecule has 2 rings (SSSR count). The maximum atomic E-state index is 6.22. The Bertz CT molecular complexity index is 500. The standard InChI is InChI=1S/C13H12Cl2N2/c1-16-13(11-7-2-3-8-17-11)9-5-4-6-10(14)12(9)15/h2-8,13,16H,1H3. The van der Waals surface area contributed by atoms with Gasteiger partial charge in [0.05, 0.1) is 21.8 Å². The molecule has 1 aromatic carbocycles. The average molecular weight is 267 g/mol. The van der Waals surface area contributed by atoms with Gasteiger partial charge in [-0.2, -0.15) is 0 Å². The highest BCUT2D eigenvalue weighted by molar-refractivity contribution is 6.42. The highest BCUT2D eigenvalue weighted by Gasteiger charge is 2.17. The summed E-state index contributed by atoms with van der Waals surface area (Å²) in [6.45, 7) is 0. The van der Waals surface area contributed by atoms with Crippen molar-refractivity contribution in [2.75, 3.05) is 7.05 Å². The predicted octanol–water partition coefficient (Wildman–Crippen LogP) is 3.70. The van der Waals surface area contributed by atoms with E-state index in [2.05, 4.69) is 10.3 Å². The molecule has 0 aliphatic heterocycles. The highest BCUT2D eigenvalue weighted by atomic mass is 35.5. The zero-order chi connectivity index (χ0) is 12.3. The van der Waals surface area contributed by atoms with Crippen molar-refractivity contribution in [3.8, 4) is 0 Å². The highest BCUT2D eigenvalue weighted by Crippen LogP contribution is 2.32. The quantitative estimate of drug-likeness (QED) is 0.917. The monoisotopic (exact) mass is 266 g/mol. The van der Waals surface area contributed by atoms with E-state index in [1.807, 2.05) is 37.4 Å². The topological polar surface area (TPSA) is 24.9 Å². The second-order valence-electron chi connectivity index (χ2n) is 3.62. The molecular weight excluding hydrogens is 255 g/mol. The van der Waals surface area contributed by atoms with Gasteiger partial charge in [-0.25, -0.2) is 0 Å². The molecule has 88 valence electrons. The Morgan fingerprint density at radius 2 is 1.94 bits per heavy atom. The number of nitrogens with zero attached hydrogens (tertiary/aromatic N) is 1. The van der Waals surface area contributed by atoms with Crippen LogP contribution in [0.5, 0.6) is 0 Å². The Balaban J connectivity index is 2.46. The van der Waals surface area contributed by atoms with Crippen molar-refractivity contribution >= 4 is 23.2 Å². The maximum Gasteiger partial charge on any atom is 0.0763 e. The second kappa shape index (κ2) is 5.50. The summed E-state index contributed by atoms with van der Waals surface area (Å²) in [4.78, 5) is 4.33. The van der Waals surface area contributed by atoms with Gasteiger partial charge in [-0.05, 0) is 30.8 Å². The Kier molecular flexibility index (Phi) is 4.00. The lowest BCUT2D eigenvalue weighted by Gasteiger charge is -2.17. The van der Waals surface area contributed by atoms with Gasteiger partial charge in [-0.3, -0.25) is 4.98 Å². The molecule has 0 aliphatic carbocycles. The molecule has 0 aliphatic rings. The minimum Gasteiger partial charge on any atom is -0.308 e. The van der Waals surface area contributed by atoms with E-state index in [0.29, 0.717) is 10.0 Å². The third-order valence-electron chi connectivity index (χ3n) is 2.56. The van der Waals surface area contributed by atoms with Crippen LogP contribution in [0.3, 0.4) is 0 Å². The van der Waals surface area contributed by atoms with Gasteiger partial charge in [-0.1, -0.05) is 41.4 Å². The minimum atomic E-state index is -0.0533. The van der Waals surface area contributed by atoms with Crippen molar-refractivity contribution < 1.29 is 0 Å². The summed E-state index contributed by atoms with van der Waals surface area (Å²) in [7, 11) is 1.87. The fraction of sp³-hybridized carbons (Fsp3) is 0.154. The van der Waals surface area contributed by atoms with E-state index in [-0.39, 0.29) is 6.04 Å². The van der Waals surface area contributed by atoms with Crippen LogP contribution in [0.4, 0.5) is 0 Å². The summed E-state index contributed by atoms with van der Waals surface area (Å²) in [5.74, 6) is 0. The molecule has 1 heterocycles. The van der Waals surface area contributed by atoms with Crippen molar-refractivity contribution in [2.24, 2.45) is 0 Å². The fourth-order valence-electron chi connectivity index (χ4n) is 1.75. The molecule has 0 amide bonds.